The van der Waals surface area contributed by atoms with Crippen LogP contribution in [-0.4, -0.2) is 55.1 Å². The number of benzene rings is 1. The third-order valence-electron chi connectivity index (χ3n) is 2.69. The van der Waals surface area contributed by atoms with Crippen LogP contribution in [0.15, 0.2) is 18.2 Å². The van der Waals surface area contributed by atoms with E-state index in [4.69, 9.17) is 17.0 Å². The third-order valence-corrected chi connectivity index (χ3v) is 2.88. The number of halogens is 5. The molecule has 0 radical (unpaired) electrons. The Labute approximate surface area is 151 Å². The van der Waals surface area contributed by atoms with Gasteiger partial charge in [-0.15, -0.1) is 11.6 Å². The van der Waals surface area contributed by atoms with Crippen molar-refractivity contribution in [3.8, 4) is 0 Å². The predicted molar refractivity (Wildman–Crippen MR) is 79.9 cm³/mol. The Morgan fingerprint density at radius 1 is 1.36 bits per heavy atom. The number of fused-ring (bicyclic) bond motifs is 1. The Bertz CT molecular complexity index is 561. The molecule has 22 heavy (non-hydrogen) atoms. The van der Waals surface area contributed by atoms with Crippen molar-refractivity contribution in [2.45, 2.75) is 12.8 Å². The summed E-state index contributed by atoms with van der Waals surface area (Å²) in [6.07, 6.45) is 1.18. The molecule has 1 amide bonds. The van der Waals surface area contributed by atoms with Crippen LogP contribution >= 0.6 is 11.6 Å². The van der Waals surface area contributed by atoms with Crippen LogP contribution in [0.25, 0.3) is 4.98 Å². The van der Waals surface area contributed by atoms with Crippen molar-refractivity contribution in [1.29, 1.82) is 5.39 Å². The van der Waals surface area contributed by atoms with Gasteiger partial charge >= 0.3 is 42.5 Å². The van der Waals surface area contributed by atoms with Gasteiger partial charge in [0.05, 0.1) is 11.8 Å². The normalized spacial score (nSPS) is 12.5. The van der Waals surface area contributed by atoms with Crippen LogP contribution in [0.1, 0.15) is 12.0 Å². The summed E-state index contributed by atoms with van der Waals surface area (Å²) in [7, 11) is -6.00. The number of hydrogen-bond acceptors (Lipinski definition) is 2. The van der Waals surface area contributed by atoms with Crippen molar-refractivity contribution in [3.63, 3.8) is 0 Å². The molecule has 0 saturated heterocycles. The van der Waals surface area contributed by atoms with E-state index in [1.165, 1.54) is 0 Å². The van der Waals surface area contributed by atoms with Crippen LogP contribution in [0.2, 0.25) is 0 Å². The second kappa shape index (κ2) is 9.35. The Kier molecular flexibility index (Phi) is 9.01. The summed E-state index contributed by atoms with van der Waals surface area (Å²) in [5.74, 6) is 0.346. The van der Waals surface area contributed by atoms with Crippen LogP contribution in [-0.2, 0) is 11.2 Å². The monoisotopic (exact) mass is 347 g/mol. The first-order chi connectivity index (χ1) is 9.76. The molecule has 0 aliphatic carbocycles. The molecule has 1 aromatic carbocycles. The van der Waals surface area contributed by atoms with Crippen molar-refractivity contribution in [1.82, 2.24) is 0 Å². The van der Waals surface area contributed by atoms with E-state index >= 15 is 0 Å². The number of carbonyl (C=O) groups excluding carboxylic acids is 1. The number of carbonyl (C=O) groups is 1. The molecule has 0 atom stereocenters. The molecular weight excluding hydrogens is 335 g/mol. The van der Waals surface area contributed by atoms with Gasteiger partial charge in [0.1, 0.15) is 0 Å². The maximum absolute atomic E-state index is 11.8. The summed E-state index contributed by atoms with van der Waals surface area (Å²) in [4.78, 5) is 16.6. The fourth-order valence-electron chi connectivity index (χ4n) is 1.90. The van der Waals surface area contributed by atoms with Crippen molar-refractivity contribution >= 4 is 65.7 Å². The Hall–Kier alpha value is -0.815. The average molecular weight is 347 g/mol. The molecule has 0 unspecified atom stereocenters. The van der Waals surface area contributed by atoms with Crippen molar-refractivity contribution < 1.29 is 22.1 Å². The van der Waals surface area contributed by atoms with E-state index in [1.807, 2.05) is 6.07 Å². The number of anilines is 1. The SMILES string of the molecule is F[B-](F)(F)F.N#[N+]c1ccc2c(c1)N(C(=O)CCCl)CC2.[NaH]. The van der Waals surface area contributed by atoms with Crippen LogP contribution in [0.4, 0.5) is 28.6 Å². The Morgan fingerprint density at radius 3 is 2.45 bits per heavy atom. The standard InChI is InChI=1S/C11H11ClN3O.BF4.Na.H/c12-5-3-11(16)15-6-4-8-1-2-9(14-13)7-10(8)15;2-1(3,4)5;;/h1-2,7H,3-6H2;;;/q+1;-1;;. The summed E-state index contributed by atoms with van der Waals surface area (Å²) < 4.78 is 39.0. The first kappa shape index (κ1) is 21.2. The van der Waals surface area contributed by atoms with Crippen molar-refractivity contribution in [3.05, 3.63) is 28.7 Å². The third kappa shape index (κ3) is 6.96. The second-order valence-electron chi connectivity index (χ2n) is 4.14. The molecule has 0 saturated carbocycles. The summed E-state index contributed by atoms with van der Waals surface area (Å²) in [6.45, 7) is 0.680. The molecule has 11 heteroatoms. The molecule has 2 rings (SSSR count). The zero-order valence-corrected chi connectivity index (χ0v) is 11.5. The molecule has 4 nitrogen and oxygen atoms in total. The molecule has 0 spiro atoms. The van der Waals surface area contributed by atoms with Gasteiger partial charge in [-0.2, -0.15) is 0 Å². The second-order valence-corrected chi connectivity index (χ2v) is 4.52. The van der Waals surface area contributed by atoms with Gasteiger partial charge in [-0.1, -0.05) is 0 Å². The quantitative estimate of drug-likeness (QED) is 0.356. The summed E-state index contributed by atoms with van der Waals surface area (Å²) in [5.41, 5.74) is 2.41. The van der Waals surface area contributed by atoms with Gasteiger partial charge < -0.3 is 22.2 Å². The molecule has 1 aromatic rings. The van der Waals surface area contributed by atoms with E-state index in [0.717, 1.165) is 17.7 Å². The minimum atomic E-state index is -6.00. The van der Waals surface area contributed by atoms with Gasteiger partial charge in [-0.25, -0.2) is 0 Å². The fourth-order valence-corrected chi connectivity index (χ4v) is 2.07. The van der Waals surface area contributed by atoms with Crippen LogP contribution in [0, 0.1) is 5.39 Å². The van der Waals surface area contributed by atoms with Crippen LogP contribution in [0.3, 0.4) is 0 Å². The number of alkyl halides is 1. The maximum atomic E-state index is 11.8. The van der Waals surface area contributed by atoms with Crippen molar-refractivity contribution in [2.75, 3.05) is 17.3 Å². The van der Waals surface area contributed by atoms with Gasteiger partial charge in [-0.05, 0) is 18.1 Å². The number of diazo groups is 1. The van der Waals surface area contributed by atoms with E-state index < -0.39 is 7.25 Å². The molecular formula is C11H12BClF4N3NaO. The van der Waals surface area contributed by atoms with Gasteiger partial charge in [0.25, 0.3) is 0 Å². The molecule has 1 aliphatic rings. The van der Waals surface area contributed by atoms with E-state index in [-0.39, 0.29) is 35.5 Å². The predicted octanol–water partition coefficient (Wildman–Crippen LogP) is 3.34. The van der Waals surface area contributed by atoms with E-state index in [0.29, 0.717) is 24.5 Å². The molecule has 1 heterocycles. The minimum absolute atomic E-state index is 0. The van der Waals surface area contributed by atoms with Gasteiger partial charge in [-0.3, -0.25) is 4.79 Å². The first-order valence-electron chi connectivity index (χ1n) is 5.98. The van der Waals surface area contributed by atoms with Crippen molar-refractivity contribution in [2.24, 2.45) is 0 Å². The number of rotatable bonds is 2. The molecule has 1 aliphatic heterocycles. The summed E-state index contributed by atoms with van der Waals surface area (Å²) >= 11 is 5.55. The first-order valence-corrected chi connectivity index (χ1v) is 6.51. The van der Waals surface area contributed by atoms with E-state index in [9.17, 15) is 22.1 Å². The van der Waals surface area contributed by atoms with Gasteiger partial charge in [0.2, 0.25) is 11.3 Å². The fraction of sp³-hybridized carbons (Fsp3) is 0.364. The molecule has 0 fully saturated rings. The van der Waals surface area contributed by atoms with E-state index in [2.05, 4.69) is 4.98 Å². The molecule has 116 valence electrons. The van der Waals surface area contributed by atoms with E-state index in [1.54, 1.807) is 17.0 Å². The van der Waals surface area contributed by atoms with Crippen LogP contribution < -0.4 is 4.90 Å². The molecule has 0 bridgehead atoms. The Morgan fingerprint density at radius 2 is 1.95 bits per heavy atom. The topological polar surface area (TPSA) is 48.5 Å². The number of amides is 1. The van der Waals surface area contributed by atoms with Gasteiger partial charge in [0, 0.05) is 24.9 Å². The average Bonchev–Trinajstić information content (AvgIpc) is 2.79. The zero-order valence-electron chi connectivity index (χ0n) is 10.8. The Balaban J connectivity index is 0.000000644. The molecule has 0 N–H and O–H groups in total. The van der Waals surface area contributed by atoms with Crippen LogP contribution in [0.5, 0.6) is 0 Å². The number of nitrogens with zero attached hydrogens (tertiary/aromatic N) is 3. The zero-order chi connectivity index (χ0) is 16.0. The molecule has 0 aromatic heterocycles. The summed E-state index contributed by atoms with van der Waals surface area (Å²) in [5, 5.41) is 8.70. The number of hydrogen-bond donors (Lipinski definition) is 0. The van der Waals surface area contributed by atoms with Gasteiger partial charge in [0.15, 0.2) is 4.98 Å². The summed E-state index contributed by atoms with van der Waals surface area (Å²) in [6, 6.07) is 5.33.